The van der Waals surface area contributed by atoms with Crippen LogP contribution in [-0.4, -0.2) is 20.9 Å². The van der Waals surface area contributed by atoms with Crippen molar-refractivity contribution in [2.75, 3.05) is 16.2 Å². The third-order valence-electron chi connectivity index (χ3n) is 4.86. The maximum atomic E-state index is 13.3. The van der Waals surface area contributed by atoms with Gasteiger partial charge in [-0.15, -0.1) is 0 Å². The fraction of sp³-hybridized carbons (Fsp3) is 0.0909. The minimum atomic E-state index is -3.94. The largest absolute Gasteiger partial charge is 0.322 e. The van der Waals surface area contributed by atoms with Gasteiger partial charge in [-0.3, -0.25) is 9.10 Å². The molecule has 1 amide bonds. The van der Waals surface area contributed by atoms with Gasteiger partial charge in [0.15, 0.2) is 0 Å². The third kappa shape index (κ3) is 3.63. The summed E-state index contributed by atoms with van der Waals surface area (Å²) in [5.74, 6) is -0.500. The Balaban J connectivity index is 1.67. The Labute approximate surface area is 179 Å². The topological polar surface area (TPSA) is 90.3 Å². The molecule has 150 valence electrons. The van der Waals surface area contributed by atoms with Crippen molar-refractivity contribution in [3.63, 3.8) is 0 Å². The van der Waals surface area contributed by atoms with Crippen LogP contribution in [0, 0.1) is 11.3 Å². The second-order valence-corrected chi connectivity index (χ2v) is 8.99. The smallest absolute Gasteiger partial charge is 0.265 e. The van der Waals surface area contributed by atoms with E-state index in [9.17, 15) is 13.2 Å². The van der Waals surface area contributed by atoms with E-state index in [1.165, 1.54) is 28.6 Å². The quantitative estimate of drug-likeness (QED) is 0.661. The Morgan fingerprint density at radius 1 is 1.07 bits per heavy atom. The van der Waals surface area contributed by atoms with Crippen LogP contribution in [0.5, 0.6) is 0 Å². The van der Waals surface area contributed by atoms with Crippen molar-refractivity contribution in [2.45, 2.75) is 11.3 Å². The van der Waals surface area contributed by atoms with Gasteiger partial charge in [-0.2, -0.15) is 5.26 Å². The standard InChI is InChI=1S/C22H16ClN3O3S/c23-19-9-8-17(22(27)25-18-6-3-4-15(12-18)14-24)13-21(19)30(28,29)26-11-10-16-5-1-2-7-20(16)26/h1-9,12-13H,10-11H2,(H,25,27). The van der Waals surface area contributed by atoms with Crippen molar-refractivity contribution in [3.05, 3.63) is 88.4 Å². The second kappa shape index (κ2) is 7.82. The Kier molecular flexibility index (Phi) is 5.20. The average molecular weight is 438 g/mol. The van der Waals surface area contributed by atoms with E-state index < -0.39 is 15.9 Å². The molecule has 0 fully saturated rings. The lowest BCUT2D eigenvalue weighted by molar-refractivity contribution is 0.102. The number of sulfonamides is 1. The molecule has 0 unspecified atom stereocenters. The number of carbonyl (C=O) groups excluding carboxylic acids is 1. The molecule has 3 aromatic carbocycles. The van der Waals surface area contributed by atoms with Crippen LogP contribution in [0.25, 0.3) is 0 Å². The first kappa shape index (κ1) is 20.0. The van der Waals surface area contributed by atoms with Gasteiger partial charge in [-0.05, 0) is 54.4 Å². The molecule has 0 aromatic heterocycles. The highest BCUT2D eigenvalue weighted by atomic mass is 35.5. The summed E-state index contributed by atoms with van der Waals surface area (Å²) in [6, 6.07) is 19.9. The number of nitrogens with zero attached hydrogens (tertiary/aromatic N) is 2. The first-order chi connectivity index (χ1) is 14.4. The van der Waals surface area contributed by atoms with Crippen LogP contribution in [-0.2, 0) is 16.4 Å². The number of nitriles is 1. The number of amides is 1. The highest BCUT2D eigenvalue weighted by Gasteiger charge is 2.32. The van der Waals surface area contributed by atoms with Gasteiger partial charge in [-0.1, -0.05) is 35.9 Å². The van der Waals surface area contributed by atoms with Crippen molar-refractivity contribution >= 4 is 38.9 Å². The average Bonchev–Trinajstić information content (AvgIpc) is 3.19. The van der Waals surface area contributed by atoms with Gasteiger partial charge in [0, 0.05) is 17.8 Å². The van der Waals surface area contributed by atoms with Crippen LogP contribution in [0.1, 0.15) is 21.5 Å². The number of para-hydroxylation sites is 1. The summed E-state index contributed by atoms with van der Waals surface area (Å²) < 4.78 is 27.9. The summed E-state index contributed by atoms with van der Waals surface area (Å²) in [6.45, 7) is 0.315. The SMILES string of the molecule is N#Cc1cccc(NC(=O)c2ccc(Cl)c(S(=O)(=O)N3CCc4ccccc43)c2)c1. The van der Waals surface area contributed by atoms with Gasteiger partial charge in [0.2, 0.25) is 0 Å². The molecule has 30 heavy (non-hydrogen) atoms. The molecule has 0 bridgehead atoms. The van der Waals surface area contributed by atoms with Gasteiger partial charge >= 0.3 is 0 Å². The number of halogens is 1. The first-order valence-electron chi connectivity index (χ1n) is 9.12. The normalized spacial score (nSPS) is 12.9. The van der Waals surface area contributed by atoms with Gasteiger partial charge in [0.1, 0.15) is 4.90 Å². The molecule has 0 atom stereocenters. The van der Waals surface area contributed by atoms with Gasteiger partial charge in [-0.25, -0.2) is 8.42 Å². The predicted octanol–water partition coefficient (Wildman–Crippen LogP) is 4.22. The summed E-state index contributed by atoms with van der Waals surface area (Å²) in [5.41, 5.74) is 2.56. The number of hydrogen-bond acceptors (Lipinski definition) is 4. The van der Waals surface area contributed by atoms with E-state index in [0.29, 0.717) is 29.9 Å². The number of benzene rings is 3. The molecule has 4 rings (SSSR count). The highest BCUT2D eigenvalue weighted by molar-refractivity contribution is 7.93. The summed E-state index contributed by atoms with van der Waals surface area (Å²) >= 11 is 6.22. The molecule has 8 heteroatoms. The van der Waals surface area contributed by atoms with E-state index in [-0.39, 0.29) is 15.5 Å². The number of hydrogen-bond donors (Lipinski definition) is 1. The van der Waals surface area contributed by atoms with Crippen LogP contribution in [0.15, 0.2) is 71.6 Å². The molecule has 0 aliphatic carbocycles. The summed E-state index contributed by atoms with van der Waals surface area (Å²) in [6.07, 6.45) is 0.614. The zero-order valence-electron chi connectivity index (χ0n) is 15.7. The molecule has 1 aliphatic heterocycles. The Hall–Kier alpha value is -3.34. The van der Waals surface area contributed by atoms with Gasteiger partial charge < -0.3 is 5.32 Å². The molecular formula is C22H16ClN3O3S. The zero-order valence-corrected chi connectivity index (χ0v) is 17.2. The van der Waals surface area contributed by atoms with Crippen molar-refractivity contribution in [2.24, 2.45) is 0 Å². The molecule has 6 nitrogen and oxygen atoms in total. The number of fused-ring (bicyclic) bond motifs is 1. The molecule has 0 saturated carbocycles. The molecule has 0 spiro atoms. The number of rotatable bonds is 4. The van der Waals surface area contributed by atoms with E-state index in [2.05, 4.69) is 5.32 Å². The fourth-order valence-electron chi connectivity index (χ4n) is 3.39. The second-order valence-electron chi connectivity index (χ2n) is 6.75. The van der Waals surface area contributed by atoms with Gasteiger partial charge in [0.05, 0.1) is 22.3 Å². The summed E-state index contributed by atoms with van der Waals surface area (Å²) in [4.78, 5) is 12.6. The Bertz CT molecular complexity index is 1300. The van der Waals surface area contributed by atoms with Crippen LogP contribution >= 0.6 is 11.6 Å². The van der Waals surface area contributed by atoms with Crippen molar-refractivity contribution in [3.8, 4) is 6.07 Å². The van der Waals surface area contributed by atoms with Crippen LogP contribution in [0.2, 0.25) is 5.02 Å². The molecular weight excluding hydrogens is 422 g/mol. The molecule has 1 aliphatic rings. The predicted molar refractivity (Wildman–Crippen MR) is 115 cm³/mol. The molecule has 3 aromatic rings. The number of nitrogens with one attached hydrogen (secondary N) is 1. The Morgan fingerprint density at radius 3 is 2.67 bits per heavy atom. The monoisotopic (exact) mass is 437 g/mol. The minimum Gasteiger partial charge on any atom is -0.322 e. The van der Waals surface area contributed by atoms with E-state index in [4.69, 9.17) is 16.9 Å². The van der Waals surface area contributed by atoms with Crippen LogP contribution in [0.3, 0.4) is 0 Å². The Morgan fingerprint density at radius 2 is 1.87 bits per heavy atom. The lowest BCUT2D eigenvalue weighted by Crippen LogP contribution is -2.29. The van der Waals surface area contributed by atoms with Crippen molar-refractivity contribution in [1.29, 1.82) is 5.26 Å². The fourth-order valence-corrected chi connectivity index (χ4v) is 5.39. The van der Waals surface area contributed by atoms with Gasteiger partial charge in [0.25, 0.3) is 15.9 Å². The first-order valence-corrected chi connectivity index (χ1v) is 10.9. The highest BCUT2D eigenvalue weighted by Crippen LogP contribution is 2.35. The van der Waals surface area contributed by atoms with Crippen LogP contribution < -0.4 is 9.62 Å². The maximum absolute atomic E-state index is 13.3. The van der Waals surface area contributed by atoms with E-state index in [1.807, 2.05) is 18.2 Å². The zero-order chi connectivity index (χ0) is 21.3. The number of anilines is 2. The molecule has 0 saturated heterocycles. The lowest BCUT2D eigenvalue weighted by Gasteiger charge is -2.20. The van der Waals surface area contributed by atoms with Crippen LogP contribution in [0.4, 0.5) is 11.4 Å². The summed E-state index contributed by atoms with van der Waals surface area (Å²) in [7, 11) is -3.94. The maximum Gasteiger partial charge on any atom is 0.265 e. The molecule has 0 radical (unpaired) electrons. The van der Waals surface area contributed by atoms with E-state index in [0.717, 1.165) is 5.56 Å². The van der Waals surface area contributed by atoms with E-state index >= 15 is 0 Å². The van der Waals surface area contributed by atoms with Crippen molar-refractivity contribution < 1.29 is 13.2 Å². The molecule has 1 heterocycles. The lowest BCUT2D eigenvalue weighted by atomic mass is 10.2. The van der Waals surface area contributed by atoms with Crippen molar-refractivity contribution in [1.82, 2.24) is 0 Å². The van der Waals surface area contributed by atoms with E-state index in [1.54, 1.807) is 30.3 Å². The third-order valence-corrected chi connectivity index (χ3v) is 7.15. The molecule has 1 N–H and O–H groups in total. The summed E-state index contributed by atoms with van der Waals surface area (Å²) in [5, 5.41) is 11.7. The minimum absolute atomic E-state index is 0.0439. The number of carbonyl (C=O) groups is 1.